The smallest absolute Gasteiger partial charge is 0.307 e. The second-order valence-electron chi connectivity index (χ2n) is 6.88. The van der Waals surface area contributed by atoms with Crippen LogP contribution in [0.1, 0.15) is 25.7 Å². The third kappa shape index (κ3) is 3.76. The molecule has 2 atom stereocenters. The predicted molar refractivity (Wildman–Crippen MR) is 94.9 cm³/mol. The van der Waals surface area contributed by atoms with Crippen LogP contribution in [-0.4, -0.2) is 60.8 Å². The molecule has 0 spiro atoms. The maximum absolute atomic E-state index is 12.8. The van der Waals surface area contributed by atoms with E-state index in [1.54, 1.807) is 35.2 Å². The fraction of sp³-hybridized carbons (Fsp3) is 0.556. The summed E-state index contributed by atoms with van der Waals surface area (Å²) in [4.78, 5) is 26.1. The maximum atomic E-state index is 12.8. The van der Waals surface area contributed by atoms with Crippen molar-refractivity contribution in [3.8, 4) is 0 Å². The Kier molecular flexibility index (Phi) is 5.62. The predicted octanol–water partition coefficient (Wildman–Crippen LogP) is 1.41. The number of rotatable bonds is 4. The molecule has 7 nitrogen and oxygen atoms in total. The number of hydrogen-bond acceptors (Lipinski definition) is 4. The molecule has 2 fully saturated rings. The van der Waals surface area contributed by atoms with Crippen molar-refractivity contribution in [3.05, 3.63) is 30.3 Å². The molecule has 1 saturated carbocycles. The Hall–Kier alpha value is -1.93. The van der Waals surface area contributed by atoms with Crippen molar-refractivity contribution < 1.29 is 23.1 Å². The summed E-state index contributed by atoms with van der Waals surface area (Å²) in [7, 11) is -3.56. The Morgan fingerprint density at radius 3 is 2.08 bits per heavy atom. The molecule has 0 bridgehead atoms. The first-order valence-corrected chi connectivity index (χ1v) is 10.4. The minimum absolute atomic E-state index is 0.145. The van der Waals surface area contributed by atoms with Crippen molar-refractivity contribution in [3.63, 3.8) is 0 Å². The van der Waals surface area contributed by atoms with Crippen LogP contribution < -0.4 is 0 Å². The first-order valence-electron chi connectivity index (χ1n) is 8.98. The summed E-state index contributed by atoms with van der Waals surface area (Å²) in [5.74, 6) is -2.16. The molecule has 0 radical (unpaired) electrons. The number of amides is 1. The number of carbonyl (C=O) groups excluding carboxylic acids is 1. The van der Waals surface area contributed by atoms with E-state index in [1.807, 2.05) is 0 Å². The van der Waals surface area contributed by atoms with Gasteiger partial charge in [-0.2, -0.15) is 4.31 Å². The molecule has 142 valence electrons. The molecule has 1 heterocycles. The lowest BCUT2D eigenvalue weighted by molar-refractivity contribution is -0.152. The summed E-state index contributed by atoms with van der Waals surface area (Å²) in [5.41, 5.74) is 0. The molecule has 1 N–H and O–H groups in total. The van der Waals surface area contributed by atoms with Gasteiger partial charge in [0.05, 0.1) is 16.7 Å². The highest BCUT2D eigenvalue weighted by atomic mass is 32.2. The van der Waals surface area contributed by atoms with E-state index >= 15 is 0 Å². The first-order chi connectivity index (χ1) is 12.4. The van der Waals surface area contributed by atoms with Gasteiger partial charge in [0.2, 0.25) is 15.9 Å². The minimum atomic E-state index is -3.56. The number of piperazine rings is 1. The molecular weight excluding hydrogens is 356 g/mol. The molecule has 1 amide bonds. The lowest BCUT2D eigenvalue weighted by Crippen LogP contribution is -2.53. The van der Waals surface area contributed by atoms with Gasteiger partial charge >= 0.3 is 5.97 Å². The van der Waals surface area contributed by atoms with Crippen molar-refractivity contribution in [1.82, 2.24) is 9.21 Å². The largest absolute Gasteiger partial charge is 0.481 e. The number of hydrogen-bond donors (Lipinski definition) is 1. The van der Waals surface area contributed by atoms with E-state index in [-0.39, 0.29) is 23.9 Å². The highest BCUT2D eigenvalue weighted by Gasteiger charge is 2.39. The van der Waals surface area contributed by atoms with Gasteiger partial charge in [0.1, 0.15) is 0 Å². The molecule has 1 aliphatic carbocycles. The quantitative estimate of drug-likeness (QED) is 0.852. The van der Waals surface area contributed by atoms with Gasteiger partial charge < -0.3 is 10.0 Å². The average molecular weight is 380 g/mol. The number of nitrogens with zero attached hydrogens (tertiary/aromatic N) is 2. The molecule has 0 aromatic heterocycles. The first kappa shape index (κ1) is 18.8. The fourth-order valence-electron chi connectivity index (χ4n) is 3.85. The Bertz CT molecular complexity index is 757. The second kappa shape index (κ2) is 7.75. The number of sulfonamides is 1. The highest BCUT2D eigenvalue weighted by molar-refractivity contribution is 7.89. The van der Waals surface area contributed by atoms with Crippen molar-refractivity contribution >= 4 is 21.9 Å². The lowest BCUT2D eigenvalue weighted by atomic mass is 9.78. The van der Waals surface area contributed by atoms with Gasteiger partial charge in [0, 0.05) is 26.2 Å². The van der Waals surface area contributed by atoms with Crippen molar-refractivity contribution in [2.24, 2.45) is 11.8 Å². The summed E-state index contributed by atoms with van der Waals surface area (Å²) >= 11 is 0. The molecule has 26 heavy (non-hydrogen) atoms. The van der Waals surface area contributed by atoms with Gasteiger partial charge in [-0.25, -0.2) is 8.42 Å². The van der Waals surface area contributed by atoms with Crippen molar-refractivity contribution in [2.75, 3.05) is 26.2 Å². The zero-order valence-corrected chi connectivity index (χ0v) is 15.4. The molecular formula is C18H24N2O5S. The van der Waals surface area contributed by atoms with Gasteiger partial charge in [0.25, 0.3) is 0 Å². The van der Waals surface area contributed by atoms with Gasteiger partial charge in [-0.05, 0) is 25.0 Å². The number of carboxylic acids is 1. The van der Waals surface area contributed by atoms with Gasteiger partial charge in [-0.3, -0.25) is 9.59 Å². The van der Waals surface area contributed by atoms with Gasteiger partial charge in [-0.1, -0.05) is 31.0 Å². The van der Waals surface area contributed by atoms with E-state index in [0.29, 0.717) is 25.9 Å². The lowest BCUT2D eigenvalue weighted by Gasteiger charge is -2.37. The van der Waals surface area contributed by atoms with E-state index in [4.69, 9.17) is 0 Å². The summed E-state index contributed by atoms with van der Waals surface area (Å²) in [6.45, 7) is 1.06. The topological polar surface area (TPSA) is 95.0 Å². The number of carboxylic acid groups (broad SMARTS) is 1. The van der Waals surface area contributed by atoms with Crippen molar-refractivity contribution in [2.45, 2.75) is 30.6 Å². The molecule has 8 heteroatoms. The molecule has 1 aliphatic heterocycles. The van der Waals surface area contributed by atoms with Crippen LogP contribution in [0.2, 0.25) is 0 Å². The third-order valence-electron chi connectivity index (χ3n) is 5.33. The van der Waals surface area contributed by atoms with Crippen LogP contribution in [0.25, 0.3) is 0 Å². The number of aliphatic carboxylic acids is 1. The molecule has 1 aromatic rings. The minimum Gasteiger partial charge on any atom is -0.481 e. The Labute approximate surface area is 153 Å². The van der Waals surface area contributed by atoms with Crippen LogP contribution in [0, 0.1) is 11.8 Å². The summed E-state index contributed by atoms with van der Waals surface area (Å²) < 4.78 is 26.7. The van der Waals surface area contributed by atoms with Crippen LogP contribution >= 0.6 is 0 Å². The molecule has 3 rings (SSSR count). The Morgan fingerprint density at radius 1 is 0.923 bits per heavy atom. The highest BCUT2D eigenvalue weighted by Crippen LogP contribution is 2.32. The SMILES string of the molecule is O=C(O)[C@@H]1CCCC[C@@H]1C(=O)N1CCN(S(=O)(=O)c2ccccc2)CC1. The van der Waals surface area contributed by atoms with E-state index in [0.717, 1.165) is 12.8 Å². The summed E-state index contributed by atoms with van der Waals surface area (Å²) in [5, 5.41) is 9.37. The second-order valence-corrected chi connectivity index (χ2v) is 8.82. The van der Waals surface area contributed by atoms with Crippen LogP contribution in [-0.2, 0) is 19.6 Å². The maximum Gasteiger partial charge on any atom is 0.307 e. The van der Waals surface area contributed by atoms with Crippen LogP contribution in [0.3, 0.4) is 0 Å². The van der Waals surface area contributed by atoms with Crippen LogP contribution in [0.4, 0.5) is 0 Å². The fourth-order valence-corrected chi connectivity index (χ4v) is 5.29. The van der Waals surface area contributed by atoms with E-state index in [1.165, 1.54) is 4.31 Å². The average Bonchev–Trinajstić information content (AvgIpc) is 2.68. The Morgan fingerprint density at radius 2 is 1.50 bits per heavy atom. The van der Waals surface area contributed by atoms with E-state index < -0.39 is 27.8 Å². The Balaban J connectivity index is 1.65. The van der Waals surface area contributed by atoms with Crippen LogP contribution in [0.5, 0.6) is 0 Å². The normalized spacial score (nSPS) is 25.0. The zero-order valence-electron chi connectivity index (χ0n) is 14.6. The summed E-state index contributed by atoms with van der Waals surface area (Å²) in [6, 6.07) is 8.25. The van der Waals surface area contributed by atoms with Crippen LogP contribution in [0.15, 0.2) is 35.2 Å². The zero-order chi connectivity index (χ0) is 18.7. The van der Waals surface area contributed by atoms with Gasteiger partial charge in [-0.15, -0.1) is 0 Å². The number of benzene rings is 1. The monoisotopic (exact) mass is 380 g/mol. The standard InChI is InChI=1S/C18H24N2O5S/c21-17(15-8-4-5-9-16(15)18(22)23)19-10-12-20(13-11-19)26(24,25)14-6-2-1-3-7-14/h1-3,6-7,15-16H,4-5,8-13H2,(H,22,23)/t15-,16+/m0/s1. The van der Waals surface area contributed by atoms with Crippen molar-refractivity contribution in [1.29, 1.82) is 0 Å². The molecule has 1 aromatic carbocycles. The molecule has 0 unspecified atom stereocenters. The van der Waals surface area contributed by atoms with E-state index in [2.05, 4.69) is 0 Å². The summed E-state index contributed by atoms with van der Waals surface area (Å²) in [6.07, 6.45) is 2.83. The third-order valence-corrected chi connectivity index (χ3v) is 7.24. The van der Waals surface area contributed by atoms with Gasteiger partial charge in [0.15, 0.2) is 0 Å². The molecule has 1 saturated heterocycles. The molecule has 2 aliphatic rings. The van der Waals surface area contributed by atoms with E-state index in [9.17, 15) is 23.1 Å². The number of carbonyl (C=O) groups is 2.